The summed E-state index contributed by atoms with van der Waals surface area (Å²) in [6.07, 6.45) is 4.82. The van der Waals surface area contributed by atoms with Crippen LogP contribution in [0.1, 0.15) is 16.8 Å². The van der Waals surface area contributed by atoms with Gasteiger partial charge in [0.1, 0.15) is 17.2 Å². The normalized spacial score (nSPS) is 13.6. The van der Waals surface area contributed by atoms with Crippen LogP contribution >= 0.6 is 0 Å². The van der Waals surface area contributed by atoms with Crippen LogP contribution in [0, 0.1) is 0 Å². The average molecular weight is 392 g/mol. The summed E-state index contributed by atoms with van der Waals surface area (Å²) in [6, 6.07) is 4.49. The Labute approximate surface area is 157 Å². The Balaban J connectivity index is 1.87. The number of nitrogens with zero attached hydrogens (tertiary/aromatic N) is 3. The van der Waals surface area contributed by atoms with Gasteiger partial charge in [0.25, 0.3) is 15.9 Å². The highest BCUT2D eigenvalue weighted by Gasteiger charge is 2.31. The van der Waals surface area contributed by atoms with Crippen molar-refractivity contribution in [1.29, 1.82) is 0 Å². The number of pyridine rings is 2. The minimum Gasteiger partial charge on any atom is -0.474 e. The second-order valence-electron chi connectivity index (χ2n) is 5.76. The first kappa shape index (κ1) is 19.1. The van der Waals surface area contributed by atoms with Crippen molar-refractivity contribution in [2.75, 3.05) is 37.7 Å². The molecule has 1 aliphatic heterocycles. The molecular weight excluding hydrogens is 372 g/mol. The number of ether oxygens (including phenoxy) is 2. The number of amides is 1. The first-order valence-electron chi connectivity index (χ1n) is 8.37. The van der Waals surface area contributed by atoms with E-state index < -0.39 is 10.0 Å². The zero-order valence-electron chi connectivity index (χ0n) is 14.8. The highest BCUT2D eigenvalue weighted by Crippen LogP contribution is 2.34. The highest BCUT2D eigenvalue weighted by molar-refractivity contribution is 7.92. The third kappa shape index (κ3) is 4.17. The van der Waals surface area contributed by atoms with Crippen LogP contribution in [-0.2, 0) is 14.8 Å². The number of sulfonamides is 1. The maximum atomic E-state index is 13.0. The van der Waals surface area contributed by atoms with Crippen molar-refractivity contribution in [3.05, 3.63) is 42.4 Å². The highest BCUT2D eigenvalue weighted by atomic mass is 32.2. The molecule has 3 heterocycles. The lowest BCUT2D eigenvalue weighted by Crippen LogP contribution is -2.38. The second kappa shape index (κ2) is 8.31. The van der Waals surface area contributed by atoms with Crippen LogP contribution in [0.5, 0.6) is 5.88 Å². The van der Waals surface area contributed by atoms with Crippen LogP contribution in [0.25, 0.3) is 0 Å². The topological polar surface area (TPSA) is 111 Å². The maximum Gasteiger partial charge on any atom is 0.266 e. The molecule has 3 rings (SSSR count). The molecule has 10 heteroatoms. The van der Waals surface area contributed by atoms with Gasteiger partial charge in [-0.25, -0.2) is 13.4 Å². The number of carbonyl (C=O) groups is 1. The first-order valence-corrected chi connectivity index (χ1v) is 9.81. The molecule has 144 valence electrons. The lowest BCUT2D eigenvalue weighted by atomic mass is 10.2. The number of nitrogens with one attached hydrogen (secondary N) is 1. The second-order valence-corrected chi connectivity index (χ2v) is 7.63. The van der Waals surface area contributed by atoms with E-state index in [-0.39, 0.29) is 41.1 Å². The van der Waals surface area contributed by atoms with Crippen molar-refractivity contribution in [2.45, 2.75) is 11.3 Å². The monoisotopic (exact) mass is 392 g/mol. The van der Waals surface area contributed by atoms with E-state index in [4.69, 9.17) is 9.47 Å². The van der Waals surface area contributed by atoms with Crippen LogP contribution in [0.4, 0.5) is 5.69 Å². The molecule has 0 saturated heterocycles. The summed E-state index contributed by atoms with van der Waals surface area (Å²) in [5.74, 6) is -0.171. The van der Waals surface area contributed by atoms with Gasteiger partial charge in [0, 0.05) is 38.9 Å². The molecule has 0 spiro atoms. The molecule has 2 aromatic rings. The van der Waals surface area contributed by atoms with E-state index in [1.54, 1.807) is 13.2 Å². The van der Waals surface area contributed by atoms with Crippen LogP contribution in [0.15, 0.2) is 41.7 Å². The molecule has 0 bridgehead atoms. The van der Waals surface area contributed by atoms with Crippen molar-refractivity contribution in [3.63, 3.8) is 0 Å². The molecule has 0 fully saturated rings. The van der Waals surface area contributed by atoms with Gasteiger partial charge in [0.05, 0.1) is 12.1 Å². The Kier molecular flexibility index (Phi) is 5.87. The number of aromatic nitrogens is 2. The fourth-order valence-corrected chi connectivity index (χ4v) is 4.00. The van der Waals surface area contributed by atoms with Crippen LogP contribution < -0.4 is 14.4 Å². The van der Waals surface area contributed by atoms with Gasteiger partial charge < -0.3 is 14.8 Å². The van der Waals surface area contributed by atoms with Gasteiger partial charge in [-0.1, -0.05) is 0 Å². The average Bonchev–Trinajstić information content (AvgIpc) is 2.70. The molecule has 0 radical (unpaired) electrons. The van der Waals surface area contributed by atoms with Crippen molar-refractivity contribution < 1.29 is 22.7 Å². The molecule has 0 aliphatic carbocycles. The third-order valence-electron chi connectivity index (χ3n) is 3.93. The van der Waals surface area contributed by atoms with Gasteiger partial charge in [0.2, 0.25) is 5.88 Å². The minimum absolute atomic E-state index is 0.0623. The van der Waals surface area contributed by atoms with Gasteiger partial charge >= 0.3 is 0 Å². The number of carbonyl (C=O) groups excluding carboxylic acids is 1. The van der Waals surface area contributed by atoms with Crippen molar-refractivity contribution in [3.8, 4) is 5.88 Å². The van der Waals surface area contributed by atoms with E-state index in [2.05, 4.69) is 15.3 Å². The van der Waals surface area contributed by atoms with Gasteiger partial charge in [-0.2, -0.15) is 0 Å². The number of hydrogen-bond acceptors (Lipinski definition) is 7. The number of methoxy groups -OCH3 is 1. The molecule has 9 nitrogen and oxygen atoms in total. The van der Waals surface area contributed by atoms with Crippen LogP contribution in [-0.4, -0.2) is 57.7 Å². The zero-order valence-corrected chi connectivity index (χ0v) is 15.6. The van der Waals surface area contributed by atoms with Crippen molar-refractivity contribution >= 4 is 21.6 Å². The number of anilines is 1. The van der Waals surface area contributed by atoms with Crippen LogP contribution in [0.2, 0.25) is 0 Å². The Bertz CT molecular complexity index is 905. The SMILES string of the molecule is COCCCNC(=O)c1cnc2c(c1)N(S(=O)(=O)c1cccnc1)CCO2. The Morgan fingerprint density at radius 2 is 2.26 bits per heavy atom. The molecular formula is C17H20N4O5S. The van der Waals surface area contributed by atoms with E-state index in [9.17, 15) is 13.2 Å². The molecule has 1 amide bonds. The molecule has 0 unspecified atom stereocenters. The van der Waals surface area contributed by atoms with Crippen LogP contribution in [0.3, 0.4) is 0 Å². The zero-order chi connectivity index (χ0) is 19.3. The molecule has 2 aromatic heterocycles. The Morgan fingerprint density at radius 3 is 3.00 bits per heavy atom. The molecule has 1 N–H and O–H groups in total. The van der Waals surface area contributed by atoms with E-state index in [0.29, 0.717) is 19.6 Å². The smallest absolute Gasteiger partial charge is 0.266 e. The van der Waals surface area contributed by atoms with Gasteiger partial charge in [-0.15, -0.1) is 0 Å². The van der Waals surface area contributed by atoms with E-state index in [1.165, 1.54) is 35.0 Å². The summed E-state index contributed by atoms with van der Waals surface area (Å²) in [5, 5.41) is 2.75. The summed E-state index contributed by atoms with van der Waals surface area (Å²) in [5.41, 5.74) is 0.484. The van der Waals surface area contributed by atoms with Gasteiger partial charge in [-0.3, -0.25) is 14.1 Å². The first-order chi connectivity index (χ1) is 13.0. The predicted molar refractivity (Wildman–Crippen MR) is 97.3 cm³/mol. The number of rotatable bonds is 7. The summed E-state index contributed by atoms with van der Waals surface area (Å²) < 4.78 is 37.5. The van der Waals surface area contributed by atoms with Gasteiger partial charge in [0.15, 0.2) is 0 Å². The molecule has 27 heavy (non-hydrogen) atoms. The molecule has 0 aromatic carbocycles. The van der Waals surface area contributed by atoms with E-state index in [1.807, 2.05) is 0 Å². The molecule has 0 atom stereocenters. The number of hydrogen-bond donors (Lipinski definition) is 1. The fourth-order valence-electron chi connectivity index (χ4n) is 2.60. The molecule has 0 saturated carbocycles. The predicted octanol–water partition coefficient (Wildman–Crippen LogP) is 0.831. The lowest BCUT2D eigenvalue weighted by molar-refractivity contribution is 0.0948. The number of fused-ring (bicyclic) bond motifs is 1. The minimum atomic E-state index is -3.84. The summed E-state index contributed by atoms with van der Waals surface area (Å²) >= 11 is 0. The third-order valence-corrected chi connectivity index (χ3v) is 5.73. The van der Waals surface area contributed by atoms with E-state index >= 15 is 0 Å². The molecule has 1 aliphatic rings. The van der Waals surface area contributed by atoms with Crippen molar-refractivity contribution in [2.24, 2.45) is 0 Å². The summed E-state index contributed by atoms with van der Waals surface area (Å²) in [6.45, 7) is 1.26. The largest absolute Gasteiger partial charge is 0.474 e. The summed E-state index contributed by atoms with van der Waals surface area (Å²) in [7, 11) is -2.25. The quantitative estimate of drug-likeness (QED) is 0.695. The fraction of sp³-hybridized carbons (Fsp3) is 0.353. The summed E-state index contributed by atoms with van der Waals surface area (Å²) in [4.78, 5) is 20.4. The Hall–Kier alpha value is -2.72. The lowest BCUT2D eigenvalue weighted by Gasteiger charge is -2.29. The van der Waals surface area contributed by atoms with Crippen molar-refractivity contribution in [1.82, 2.24) is 15.3 Å². The van der Waals surface area contributed by atoms with Gasteiger partial charge in [-0.05, 0) is 24.6 Å². The standard InChI is InChI=1S/C17H20N4O5S/c1-25-8-3-6-19-16(22)13-10-15-17(20-11-13)26-9-7-21(15)27(23,24)14-4-2-5-18-12-14/h2,4-5,10-12H,3,6-9H2,1H3,(H,19,22). The Morgan fingerprint density at radius 1 is 1.41 bits per heavy atom. The van der Waals surface area contributed by atoms with E-state index in [0.717, 1.165) is 0 Å². The maximum absolute atomic E-state index is 13.0.